The number of thioether (sulfide) groups is 1. The molecule has 1 aliphatic carbocycles. The molecule has 1 aliphatic rings. The van der Waals surface area contributed by atoms with Gasteiger partial charge in [-0.15, -0.1) is 0 Å². The van der Waals surface area contributed by atoms with Crippen LogP contribution in [0.15, 0.2) is 22.2 Å². The maximum atomic E-state index is 11.2. The van der Waals surface area contributed by atoms with Crippen LogP contribution in [-0.2, 0) is 4.79 Å². The Morgan fingerprint density at radius 2 is 2.41 bits per heavy atom. The molecule has 0 aliphatic heterocycles. The fourth-order valence-electron chi connectivity index (χ4n) is 1.57. The minimum atomic E-state index is -1.22. The van der Waals surface area contributed by atoms with Crippen molar-refractivity contribution < 1.29 is 9.90 Å². The minimum absolute atomic E-state index is 0.0305. The molecule has 0 aromatic carbocycles. The summed E-state index contributed by atoms with van der Waals surface area (Å²) in [6, 6.07) is 1.30. The molecule has 1 unspecified atom stereocenters. The van der Waals surface area contributed by atoms with Crippen LogP contribution in [0.1, 0.15) is 12.8 Å². The zero-order valence-electron chi connectivity index (χ0n) is 9.05. The monoisotopic (exact) mass is 255 g/mol. The van der Waals surface area contributed by atoms with Crippen LogP contribution in [0.4, 0.5) is 0 Å². The molecule has 0 radical (unpaired) electrons. The summed E-state index contributed by atoms with van der Waals surface area (Å²) in [7, 11) is 0. The van der Waals surface area contributed by atoms with Crippen molar-refractivity contribution in [2.75, 3.05) is 5.75 Å². The summed E-state index contributed by atoms with van der Waals surface area (Å²) in [5, 5.41) is 9.54. The molecule has 1 heterocycles. The lowest BCUT2D eigenvalue weighted by molar-refractivity contribution is -0.143. The highest BCUT2D eigenvalue weighted by Crippen LogP contribution is 2.40. The number of hydrogen-bond acceptors (Lipinski definition) is 5. The quantitative estimate of drug-likeness (QED) is 0.507. The van der Waals surface area contributed by atoms with Crippen molar-refractivity contribution in [2.24, 2.45) is 11.7 Å². The number of hydrogen-bond donors (Lipinski definition) is 3. The predicted octanol–water partition coefficient (Wildman–Crippen LogP) is 0.0541. The molecule has 2 rings (SSSR count). The second-order valence-corrected chi connectivity index (χ2v) is 5.11. The van der Waals surface area contributed by atoms with Crippen molar-refractivity contribution >= 4 is 17.7 Å². The van der Waals surface area contributed by atoms with Crippen molar-refractivity contribution in [2.45, 2.75) is 23.5 Å². The molecule has 6 nitrogen and oxygen atoms in total. The van der Waals surface area contributed by atoms with Crippen LogP contribution >= 0.6 is 11.8 Å². The topological polar surface area (TPSA) is 109 Å². The van der Waals surface area contributed by atoms with E-state index in [-0.39, 0.29) is 17.2 Å². The van der Waals surface area contributed by atoms with Crippen molar-refractivity contribution in [1.82, 2.24) is 9.97 Å². The average molecular weight is 255 g/mol. The van der Waals surface area contributed by atoms with Crippen molar-refractivity contribution in [3.8, 4) is 0 Å². The first-order valence-corrected chi connectivity index (χ1v) is 6.21. The first kappa shape index (κ1) is 12.1. The lowest BCUT2D eigenvalue weighted by Gasteiger charge is -2.23. The largest absolute Gasteiger partial charge is 0.480 e. The fraction of sp³-hybridized carbons (Fsp3) is 0.500. The average Bonchev–Trinajstić information content (AvgIpc) is 3.09. The lowest BCUT2D eigenvalue weighted by atomic mass is 9.98. The van der Waals surface area contributed by atoms with E-state index in [9.17, 15) is 9.59 Å². The van der Waals surface area contributed by atoms with Crippen LogP contribution in [0.3, 0.4) is 0 Å². The molecule has 0 spiro atoms. The number of nitrogens with zero attached hydrogens (tertiary/aromatic N) is 1. The Hall–Kier alpha value is -1.34. The molecule has 4 N–H and O–H groups in total. The lowest BCUT2D eigenvalue weighted by Crippen LogP contribution is -2.52. The highest BCUT2D eigenvalue weighted by Gasteiger charge is 2.48. The van der Waals surface area contributed by atoms with Crippen LogP contribution in [0.2, 0.25) is 0 Å². The van der Waals surface area contributed by atoms with Crippen molar-refractivity contribution in [1.29, 1.82) is 0 Å². The smallest absolute Gasteiger partial charge is 0.324 e. The number of aliphatic carboxylic acids is 1. The van der Waals surface area contributed by atoms with E-state index in [2.05, 4.69) is 9.97 Å². The third-order valence-electron chi connectivity index (χ3n) is 2.80. The Kier molecular flexibility index (Phi) is 3.21. The molecular weight excluding hydrogens is 242 g/mol. The number of rotatable bonds is 5. The van der Waals surface area contributed by atoms with E-state index in [0.717, 1.165) is 12.8 Å². The zero-order valence-corrected chi connectivity index (χ0v) is 9.87. The summed E-state index contributed by atoms with van der Waals surface area (Å²) < 4.78 is 0. The van der Waals surface area contributed by atoms with E-state index in [0.29, 0.717) is 5.16 Å². The molecule has 1 fully saturated rings. The molecule has 17 heavy (non-hydrogen) atoms. The van der Waals surface area contributed by atoms with Gasteiger partial charge < -0.3 is 15.8 Å². The van der Waals surface area contributed by atoms with Gasteiger partial charge in [-0.25, -0.2) is 4.98 Å². The summed E-state index contributed by atoms with van der Waals surface area (Å²) in [5.74, 6) is -0.756. The van der Waals surface area contributed by atoms with Crippen LogP contribution in [0.25, 0.3) is 0 Å². The van der Waals surface area contributed by atoms with Crippen LogP contribution in [0.5, 0.6) is 0 Å². The summed E-state index contributed by atoms with van der Waals surface area (Å²) >= 11 is 1.17. The van der Waals surface area contributed by atoms with Gasteiger partial charge >= 0.3 is 5.97 Å². The Bertz CT molecular complexity index is 486. The number of carboxylic acids is 1. The third kappa shape index (κ3) is 2.67. The van der Waals surface area contributed by atoms with Gasteiger partial charge in [0, 0.05) is 18.0 Å². The van der Waals surface area contributed by atoms with Gasteiger partial charge in [-0.05, 0) is 18.8 Å². The van der Waals surface area contributed by atoms with Crippen LogP contribution < -0.4 is 11.3 Å². The van der Waals surface area contributed by atoms with Gasteiger partial charge in [-0.1, -0.05) is 11.8 Å². The van der Waals surface area contributed by atoms with E-state index in [1.165, 1.54) is 24.0 Å². The highest BCUT2D eigenvalue weighted by atomic mass is 32.2. The van der Waals surface area contributed by atoms with Gasteiger partial charge in [0.2, 0.25) is 0 Å². The van der Waals surface area contributed by atoms with Gasteiger partial charge in [0.15, 0.2) is 5.16 Å². The van der Waals surface area contributed by atoms with Gasteiger partial charge in [-0.3, -0.25) is 9.59 Å². The normalized spacial score (nSPS) is 18.6. The molecule has 1 saturated carbocycles. The molecular formula is C10H13N3O3S. The first-order valence-electron chi connectivity index (χ1n) is 5.23. The van der Waals surface area contributed by atoms with Crippen LogP contribution in [-0.4, -0.2) is 32.3 Å². The van der Waals surface area contributed by atoms with Crippen LogP contribution in [0, 0.1) is 5.92 Å². The van der Waals surface area contributed by atoms with Gasteiger partial charge in [0.25, 0.3) is 5.56 Å². The van der Waals surface area contributed by atoms with E-state index in [1.54, 1.807) is 0 Å². The second-order valence-electron chi connectivity index (χ2n) is 4.15. The SMILES string of the molecule is NC(CSc1nccc(=O)[nH]1)(C(=O)O)C1CC1. The van der Waals surface area contributed by atoms with Gasteiger partial charge in [-0.2, -0.15) is 0 Å². The zero-order chi connectivity index (χ0) is 12.5. The molecule has 0 bridgehead atoms. The van der Waals surface area contributed by atoms with Crippen molar-refractivity contribution in [3.05, 3.63) is 22.6 Å². The number of carboxylic acid groups (broad SMARTS) is 1. The number of nitrogens with two attached hydrogens (primary N) is 1. The third-order valence-corrected chi connectivity index (χ3v) is 3.90. The Balaban J connectivity index is 2.05. The van der Waals surface area contributed by atoms with Gasteiger partial charge in [0.1, 0.15) is 5.54 Å². The molecule has 0 amide bonds. The standard InChI is InChI=1S/C10H13N3O3S/c11-10(8(15)16,6-1-2-6)5-17-9-12-4-3-7(14)13-9/h3-4,6H,1-2,5,11H2,(H,15,16)(H,12,13,14). The van der Waals surface area contributed by atoms with E-state index in [1.807, 2.05) is 0 Å². The molecule has 1 atom stereocenters. The Morgan fingerprint density at radius 1 is 1.71 bits per heavy atom. The highest BCUT2D eigenvalue weighted by molar-refractivity contribution is 7.99. The molecule has 92 valence electrons. The summed E-state index contributed by atoms with van der Waals surface area (Å²) in [6.45, 7) is 0. The van der Waals surface area contributed by atoms with E-state index < -0.39 is 11.5 Å². The number of H-pyrrole nitrogens is 1. The summed E-state index contributed by atoms with van der Waals surface area (Å²) in [5.41, 5.74) is 4.41. The summed E-state index contributed by atoms with van der Waals surface area (Å²) in [6.07, 6.45) is 3.08. The molecule has 0 saturated heterocycles. The number of aromatic nitrogens is 2. The number of nitrogens with one attached hydrogen (secondary N) is 1. The Morgan fingerprint density at radius 3 is 2.94 bits per heavy atom. The maximum absolute atomic E-state index is 11.2. The summed E-state index contributed by atoms with van der Waals surface area (Å²) in [4.78, 5) is 28.7. The molecule has 1 aromatic heterocycles. The number of aromatic amines is 1. The molecule has 1 aromatic rings. The Labute approximate surface area is 102 Å². The van der Waals surface area contributed by atoms with Crippen molar-refractivity contribution in [3.63, 3.8) is 0 Å². The number of carbonyl (C=O) groups is 1. The first-order chi connectivity index (χ1) is 8.02. The fourth-order valence-corrected chi connectivity index (χ4v) is 2.61. The van der Waals surface area contributed by atoms with E-state index in [4.69, 9.17) is 10.8 Å². The van der Waals surface area contributed by atoms with Gasteiger partial charge in [0.05, 0.1) is 0 Å². The second kappa shape index (κ2) is 4.50. The maximum Gasteiger partial charge on any atom is 0.324 e. The molecule has 7 heteroatoms. The minimum Gasteiger partial charge on any atom is -0.480 e. The predicted molar refractivity (Wildman–Crippen MR) is 62.9 cm³/mol. The van der Waals surface area contributed by atoms with E-state index >= 15 is 0 Å².